The molecular formula is C21H24N2O5. The number of hydrogen-bond acceptors (Lipinski definition) is 5. The molecule has 0 saturated carbocycles. The van der Waals surface area contributed by atoms with E-state index in [1.54, 1.807) is 29.2 Å². The van der Waals surface area contributed by atoms with Crippen molar-refractivity contribution in [2.75, 3.05) is 18.5 Å². The predicted molar refractivity (Wildman–Crippen MR) is 103 cm³/mol. The van der Waals surface area contributed by atoms with E-state index in [1.807, 2.05) is 13.8 Å². The van der Waals surface area contributed by atoms with Crippen LogP contribution in [-0.4, -0.2) is 41.9 Å². The molecule has 28 heavy (non-hydrogen) atoms. The average Bonchev–Trinajstić information content (AvgIpc) is 3.23. The van der Waals surface area contributed by atoms with Crippen LogP contribution in [0.25, 0.3) is 0 Å². The predicted octanol–water partition coefficient (Wildman–Crippen LogP) is 3.40. The summed E-state index contributed by atoms with van der Waals surface area (Å²) >= 11 is 0. The largest absolute Gasteiger partial charge is 0.459 e. The molecule has 148 valence electrons. The number of carbonyl (C=O) groups excluding carboxylic acids is 3. The number of esters is 1. The zero-order valence-electron chi connectivity index (χ0n) is 16.1. The van der Waals surface area contributed by atoms with Crippen LogP contribution >= 0.6 is 0 Å². The van der Waals surface area contributed by atoms with Gasteiger partial charge in [-0.3, -0.25) is 9.59 Å². The molecule has 3 rings (SSSR count). The van der Waals surface area contributed by atoms with Gasteiger partial charge in [-0.1, -0.05) is 6.07 Å². The lowest BCUT2D eigenvalue weighted by molar-refractivity contribution is -0.137. The lowest BCUT2D eigenvalue weighted by Gasteiger charge is -2.33. The maximum Gasteiger partial charge on any atom is 0.338 e. The molecule has 7 nitrogen and oxygen atoms in total. The summed E-state index contributed by atoms with van der Waals surface area (Å²) in [7, 11) is 0. The van der Waals surface area contributed by atoms with Gasteiger partial charge in [-0.25, -0.2) is 4.79 Å². The van der Waals surface area contributed by atoms with E-state index in [0.717, 1.165) is 24.8 Å². The number of furan rings is 1. The lowest BCUT2D eigenvalue weighted by Crippen LogP contribution is -2.44. The zero-order valence-corrected chi connectivity index (χ0v) is 16.1. The van der Waals surface area contributed by atoms with E-state index < -0.39 is 11.9 Å². The highest BCUT2D eigenvalue weighted by atomic mass is 16.5. The molecule has 1 atom stereocenters. The Bertz CT molecular complexity index is 860. The molecule has 0 bridgehead atoms. The quantitative estimate of drug-likeness (QED) is 0.798. The van der Waals surface area contributed by atoms with Crippen molar-refractivity contribution in [1.29, 1.82) is 0 Å². The number of nitrogens with one attached hydrogen (secondary N) is 1. The first kappa shape index (κ1) is 19.7. The number of likely N-dealkylation sites (tertiary alicyclic amines) is 1. The molecule has 0 unspecified atom stereocenters. The van der Waals surface area contributed by atoms with Crippen LogP contribution in [0.4, 0.5) is 5.69 Å². The molecule has 1 N–H and O–H groups in total. The summed E-state index contributed by atoms with van der Waals surface area (Å²) < 4.78 is 10.3. The summed E-state index contributed by atoms with van der Waals surface area (Å²) in [4.78, 5) is 38.6. The third kappa shape index (κ3) is 4.60. The average molecular weight is 384 g/mol. The third-order valence-corrected chi connectivity index (χ3v) is 4.92. The molecule has 2 amide bonds. The maximum atomic E-state index is 12.4. The van der Waals surface area contributed by atoms with Crippen molar-refractivity contribution in [3.05, 3.63) is 53.5 Å². The third-order valence-electron chi connectivity index (χ3n) is 4.92. The van der Waals surface area contributed by atoms with Gasteiger partial charge in [0.2, 0.25) is 0 Å². The molecule has 2 heterocycles. The molecule has 0 spiro atoms. The molecule has 0 radical (unpaired) electrons. The number of piperidine rings is 1. The molecular weight excluding hydrogens is 360 g/mol. The summed E-state index contributed by atoms with van der Waals surface area (Å²) in [5.41, 5.74) is 1.53. The normalized spacial score (nSPS) is 16.5. The van der Waals surface area contributed by atoms with Gasteiger partial charge < -0.3 is 19.4 Å². The highest BCUT2D eigenvalue weighted by Crippen LogP contribution is 2.20. The molecule has 7 heteroatoms. The number of rotatable bonds is 5. The first-order valence-corrected chi connectivity index (χ1v) is 9.38. The molecule has 1 aliphatic heterocycles. The summed E-state index contributed by atoms with van der Waals surface area (Å²) in [5.74, 6) is -1.02. The standard InChI is InChI=1S/C21H24N2O5/c1-14-8-9-16(12-17(14)22-20(25)18-7-5-11-27-18)21(26)28-13-19(24)23-10-4-3-6-15(23)2/h5,7-9,11-12,15H,3-4,6,10,13H2,1-2H3,(H,22,25)/t15-/m0/s1. The van der Waals surface area contributed by atoms with E-state index in [2.05, 4.69) is 5.32 Å². The van der Waals surface area contributed by atoms with E-state index in [9.17, 15) is 14.4 Å². The fourth-order valence-corrected chi connectivity index (χ4v) is 3.24. The number of amides is 2. The van der Waals surface area contributed by atoms with Gasteiger partial charge in [0.15, 0.2) is 12.4 Å². The smallest absolute Gasteiger partial charge is 0.338 e. The number of aryl methyl sites for hydroxylation is 1. The van der Waals surface area contributed by atoms with Crippen LogP contribution in [0.15, 0.2) is 41.0 Å². The van der Waals surface area contributed by atoms with Crippen LogP contribution in [0.3, 0.4) is 0 Å². The SMILES string of the molecule is Cc1ccc(C(=O)OCC(=O)N2CCCC[C@@H]2C)cc1NC(=O)c1ccco1. The Kier molecular flexibility index (Phi) is 6.13. The van der Waals surface area contributed by atoms with Crippen LogP contribution in [0, 0.1) is 6.92 Å². The Balaban J connectivity index is 1.62. The van der Waals surface area contributed by atoms with Gasteiger partial charge in [-0.2, -0.15) is 0 Å². The highest BCUT2D eigenvalue weighted by Gasteiger charge is 2.24. The number of carbonyl (C=O) groups is 3. The summed E-state index contributed by atoms with van der Waals surface area (Å²) in [6.45, 7) is 4.23. The first-order valence-electron chi connectivity index (χ1n) is 9.38. The van der Waals surface area contributed by atoms with Crippen molar-refractivity contribution in [1.82, 2.24) is 4.90 Å². The fourth-order valence-electron chi connectivity index (χ4n) is 3.24. The summed E-state index contributed by atoms with van der Waals surface area (Å²) in [6, 6.07) is 8.19. The molecule has 1 aliphatic rings. The van der Waals surface area contributed by atoms with Crippen LogP contribution in [0.1, 0.15) is 52.7 Å². The van der Waals surface area contributed by atoms with Crippen LogP contribution in [0.2, 0.25) is 0 Å². The molecule has 0 aliphatic carbocycles. The molecule has 1 fully saturated rings. The Morgan fingerprint density at radius 2 is 2.07 bits per heavy atom. The summed E-state index contributed by atoms with van der Waals surface area (Å²) in [6.07, 6.45) is 4.47. The molecule has 2 aromatic rings. The Labute approximate surface area is 163 Å². The minimum absolute atomic E-state index is 0.169. The second-order valence-electron chi connectivity index (χ2n) is 6.97. The summed E-state index contributed by atoms with van der Waals surface area (Å²) in [5, 5.41) is 2.71. The van der Waals surface area contributed by atoms with Crippen molar-refractivity contribution >= 4 is 23.5 Å². The number of benzene rings is 1. The van der Waals surface area contributed by atoms with Crippen molar-refractivity contribution in [3.63, 3.8) is 0 Å². The van der Waals surface area contributed by atoms with Gasteiger partial charge in [-0.05, 0) is 62.9 Å². The van der Waals surface area contributed by atoms with Gasteiger partial charge >= 0.3 is 5.97 Å². The minimum Gasteiger partial charge on any atom is -0.459 e. The van der Waals surface area contributed by atoms with Gasteiger partial charge in [0.25, 0.3) is 11.8 Å². The number of anilines is 1. The Morgan fingerprint density at radius 1 is 1.25 bits per heavy atom. The Hall–Kier alpha value is -3.09. The van der Waals surface area contributed by atoms with Crippen molar-refractivity contribution < 1.29 is 23.5 Å². The van der Waals surface area contributed by atoms with E-state index in [1.165, 1.54) is 12.3 Å². The number of ether oxygens (including phenoxy) is 1. The second-order valence-corrected chi connectivity index (χ2v) is 6.97. The lowest BCUT2D eigenvalue weighted by atomic mass is 10.0. The van der Waals surface area contributed by atoms with Gasteiger partial charge in [0.05, 0.1) is 11.8 Å². The van der Waals surface area contributed by atoms with Crippen molar-refractivity contribution in [3.8, 4) is 0 Å². The van der Waals surface area contributed by atoms with Crippen molar-refractivity contribution in [2.24, 2.45) is 0 Å². The monoisotopic (exact) mass is 384 g/mol. The zero-order chi connectivity index (χ0) is 20.1. The maximum absolute atomic E-state index is 12.4. The number of nitrogens with zero attached hydrogens (tertiary/aromatic N) is 1. The first-order chi connectivity index (χ1) is 13.5. The van der Waals surface area contributed by atoms with E-state index >= 15 is 0 Å². The van der Waals surface area contributed by atoms with Gasteiger partial charge in [-0.15, -0.1) is 0 Å². The van der Waals surface area contributed by atoms with E-state index in [-0.39, 0.29) is 29.9 Å². The van der Waals surface area contributed by atoms with E-state index in [4.69, 9.17) is 9.15 Å². The fraction of sp³-hybridized carbons (Fsp3) is 0.381. The molecule has 1 saturated heterocycles. The van der Waals surface area contributed by atoms with Crippen LogP contribution in [-0.2, 0) is 9.53 Å². The van der Waals surface area contributed by atoms with E-state index in [0.29, 0.717) is 12.2 Å². The molecule has 1 aromatic carbocycles. The Morgan fingerprint density at radius 3 is 2.79 bits per heavy atom. The highest BCUT2D eigenvalue weighted by molar-refractivity contribution is 6.03. The second kappa shape index (κ2) is 8.73. The van der Waals surface area contributed by atoms with Gasteiger partial charge in [0.1, 0.15) is 0 Å². The van der Waals surface area contributed by atoms with Crippen LogP contribution in [0.5, 0.6) is 0 Å². The van der Waals surface area contributed by atoms with Crippen molar-refractivity contribution in [2.45, 2.75) is 39.2 Å². The van der Waals surface area contributed by atoms with Gasteiger partial charge in [0, 0.05) is 18.3 Å². The topological polar surface area (TPSA) is 88.9 Å². The molecule has 1 aromatic heterocycles. The number of hydrogen-bond donors (Lipinski definition) is 1. The van der Waals surface area contributed by atoms with Crippen LogP contribution < -0.4 is 5.32 Å². The minimum atomic E-state index is -0.605.